The predicted octanol–water partition coefficient (Wildman–Crippen LogP) is 4.23. The van der Waals surface area contributed by atoms with Crippen molar-refractivity contribution >= 4 is 5.97 Å². The molecule has 0 heterocycles. The van der Waals surface area contributed by atoms with E-state index in [0.717, 1.165) is 11.1 Å². The maximum atomic E-state index is 11.2. The monoisotopic (exact) mass is 308 g/mol. The summed E-state index contributed by atoms with van der Waals surface area (Å²) >= 11 is 0. The fourth-order valence-electron chi connectivity index (χ4n) is 2.29. The Labute approximate surface area is 133 Å². The molecule has 0 spiro atoms. The van der Waals surface area contributed by atoms with Crippen molar-refractivity contribution in [1.29, 1.82) is 0 Å². The van der Waals surface area contributed by atoms with Gasteiger partial charge < -0.3 is 14.9 Å². The first-order valence-electron chi connectivity index (χ1n) is 7.65. The highest BCUT2D eigenvalue weighted by Gasteiger charge is 2.28. The third-order valence-electron chi connectivity index (χ3n) is 3.62. The number of carboxylic acids is 1. The molecular weight excluding hydrogens is 280 g/mol. The number of phenolic OH excluding ortho intramolecular Hbond substituents is 1. The lowest BCUT2D eigenvalue weighted by atomic mass is 9.79. The number of rotatable bonds is 4. The maximum absolute atomic E-state index is 11.2. The highest BCUT2D eigenvalue weighted by atomic mass is 16.5. The zero-order valence-electron chi connectivity index (χ0n) is 14.7. The summed E-state index contributed by atoms with van der Waals surface area (Å²) in [7, 11) is 0. The lowest BCUT2D eigenvalue weighted by Gasteiger charge is -2.28. The third kappa shape index (κ3) is 4.15. The second-order valence-electron chi connectivity index (χ2n) is 7.72. The Hall–Kier alpha value is -1.71. The molecule has 0 radical (unpaired) electrons. The number of phenols is 1. The van der Waals surface area contributed by atoms with Crippen LogP contribution in [0, 0.1) is 0 Å². The van der Waals surface area contributed by atoms with Crippen LogP contribution in [0.2, 0.25) is 0 Å². The summed E-state index contributed by atoms with van der Waals surface area (Å²) in [6, 6.07) is 3.49. The van der Waals surface area contributed by atoms with Gasteiger partial charge in [-0.3, -0.25) is 0 Å². The number of ether oxygens (including phenoxy) is 1. The van der Waals surface area contributed by atoms with Crippen LogP contribution in [0.3, 0.4) is 0 Å². The van der Waals surface area contributed by atoms with Crippen LogP contribution in [0.1, 0.15) is 66.0 Å². The molecule has 4 heteroatoms. The van der Waals surface area contributed by atoms with E-state index < -0.39 is 12.1 Å². The van der Waals surface area contributed by atoms with Crippen molar-refractivity contribution in [2.24, 2.45) is 0 Å². The molecule has 0 saturated heterocycles. The van der Waals surface area contributed by atoms with E-state index in [1.54, 1.807) is 19.1 Å². The highest BCUT2D eigenvalue weighted by molar-refractivity contribution is 5.72. The van der Waals surface area contributed by atoms with Gasteiger partial charge in [0.25, 0.3) is 0 Å². The number of hydrogen-bond donors (Lipinski definition) is 2. The third-order valence-corrected chi connectivity index (χ3v) is 3.62. The molecule has 0 unspecified atom stereocenters. The van der Waals surface area contributed by atoms with Gasteiger partial charge >= 0.3 is 5.97 Å². The summed E-state index contributed by atoms with van der Waals surface area (Å²) < 4.78 is 5.64. The van der Waals surface area contributed by atoms with Crippen LogP contribution >= 0.6 is 0 Å². The van der Waals surface area contributed by atoms with Crippen LogP contribution in [0.15, 0.2) is 12.1 Å². The summed E-state index contributed by atoms with van der Waals surface area (Å²) in [5, 5.41) is 19.8. The normalized spacial score (nSPS) is 13.8. The molecule has 1 aromatic rings. The average Bonchev–Trinajstić information content (AvgIpc) is 2.34. The standard InChI is InChI=1S/C18H28O4/c1-8-14(16(20)21)22-11-9-12(17(2,3)4)15(19)13(10-11)18(5,6)7/h9-10,14,19H,8H2,1-7H3,(H,20,21)/t14-/m0/s1. The molecule has 0 saturated carbocycles. The minimum atomic E-state index is -0.981. The Morgan fingerprint density at radius 3 is 1.77 bits per heavy atom. The van der Waals surface area contributed by atoms with Crippen molar-refractivity contribution in [1.82, 2.24) is 0 Å². The van der Waals surface area contributed by atoms with Crippen LogP contribution in [0.4, 0.5) is 0 Å². The molecule has 0 aliphatic carbocycles. The van der Waals surface area contributed by atoms with Gasteiger partial charge in [-0.25, -0.2) is 4.79 Å². The van der Waals surface area contributed by atoms with Gasteiger partial charge in [-0.1, -0.05) is 48.5 Å². The van der Waals surface area contributed by atoms with Gasteiger partial charge in [0.2, 0.25) is 0 Å². The molecule has 0 amide bonds. The molecular formula is C18H28O4. The van der Waals surface area contributed by atoms with E-state index in [0.29, 0.717) is 12.2 Å². The first-order chi connectivity index (χ1) is 9.87. The van der Waals surface area contributed by atoms with Gasteiger partial charge in [-0.15, -0.1) is 0 Å². The second-order valence-corrected chi connectivity index (χ2v) is 7.72. The number of carboxylic acid groups (broad SMARTS) is 1. The zero-order valence-corrected chi connectivity index (χ0v) is 14.7. The molecule has 1 rings (SSSR count). The van der Waals surface area contributed by atoms with Gasteiger partial charge in [0.05, 0.1) is 0 Å². The summed E-state index contributed by atoms with van der Waals surface area (Å²) in [5.41, 5.74) is 0.980. The number of aromatic hydroxyl groups is 1. The van der Waals surface area contributed by atoms with Gasteiger partial charge in [-0.2, -0.15) is 0 Å². The van der Waals surface area contributed by atoms with Crippen molar-refractivity contribution in [3.05, 3.63) is 23.3 Å². The van der Waals surface area contributed by atoms with E-state index in [1.165, 1.54) is 0 Å². The second kappa shape index (κ2) is 6.19. The Bertz CT molecular complexity index is 512. The smallest absolute Gasteiger partial charge is 0.344 e. The number of aliphatic carboxylic acids is 1. The van der Waals surface area contributed by atoms with Crippen molar-refractivity contribution in [3.8, 4) is 11.5 Å². The maximum Gasteiger partial charge on any atom is 0.344 e. The van der Waals surface area contributed by atoms with E-state index in [4.69, 9.17) is 4.74 Å². The average molecular weight is 308 g/mol. The minimum absolute atomic E-state index is 0.260. The molecule has 0 bridgehead atoms. The quantitative estimate of drug-likeness (QED) is 0.873. The van der Waals surface area contributed by atoms with Gasteiger partial charge in [-0.05, 0) is 29.4 Å². The Morgan fingerprint density at radius 1 is 1.09 bits per heavy atom. The highest BCUT2D eigenvalue weighted by Crippen LogP contribution is 2.41. The molecule has 4 nitrogen and oxygen atoms in total. The number of benzene rings is 1. The van der Waals surface area contributed by atoms with Crippen LogP contribution in [-0.2, 0) is 15.6 Å². The first kappa shape index (κ1) is 18.3. The molecule has 1 atom stereocenters. The lowest BCUT2D eigenvalue weighted by molar-refractivity contribution is -0.145. The fourth-order valence-corrected chi connectivity index (χ4v) is 2.29. The van der Waals surface area contributed by atoms with Crippen LogP contribution in [-0.4, -0.2) is 22.3 Å². The molecule has 124 valence electrons. The molecule has 0 aliphatic heterocycles. The predicted molar refractivity (Wildman–Crippen MR) is 87.8 cm³/mol. The SMILES string of the molecule is CC[C@H](Oc1cc(C(C)(C)C)c(O)c(C(C)(C)C)c1)C(=O)O. The molecule has 1 aromatic carbocycles. The van der Waals surface area contributed by atoms with E-state index >= 15 is 0 Å². The summed E-state index contributed by atoms with van der Waals surface area (Å²) in [6.07, 6.45) is -0.503. The molecule has 0 fully saturated rings. The Balaban J connectivity index is 3.44. The van der Waals surface area contributed by atoms with E-state index in [2.05, 4.69) is 0 Å². The largest absolute Gasteiger partial charge is 0.507 e. The molecule has 2 N–H and O–H groups in total. The van der Waals surface area contributed by atoms with Crippen LogP contribution in [0.5, 0.6) is 11.5 Å². The van der Waals surface area contributed by atoms with Gasteiger partial charge in [0, 0.05) is 11.1 Å². The summed E-state index contributed by atoms with van der Waals surface area (Å²) in [6.45, 7) is 13.8. The van der Waals surface area contributed by atoms with Gasteiger partial charge in [0.1, 0.15) is 11.5 Å². The summed E-state index contributed by atoms with van der Waals surface area (Å²) in [4.78, 5) is 11.2. The first-order valence-corrected chi connectivity index (χ1v) is 7.65. The van der Waals surface area contributed by atoms with Crippen molar-refractivity contribution in [3.63, 3.8) is 0 Å². The lowest BCUT2D eigenvalue weighted by Crippen LogP contribution is -2.26. The van der Waals surface area contributed by atoms with E-state index in [1.807, 2.05) is 41.5 Å². The number of carbonyl (C=O) groups is 1. The van der Waals surface area contributed by atoms with E-state index in [9.17, 15) is 15.0 Å². The molecule has 0 aliphatic rings. The fraction of sp³-hybridized carbons (Fsp3) is 0.611. The topological polar surface area (TPSA) is 66.8 Å². The molecule has 22 heavy (non-hydrogen) atoms. The minimum Gasteiger partial charge on any atom is -0.507 e. The van der Waals surface area contributed by atoms with Crippen LogP contribution < -0.4 is 4.74 Å². The zero-order chi connectivity index (χ0) is 17.3. The molecule has 0 aromatic heterocycles. The van der Waals surface area contributed by atoms with Crippen molar-refractivity contribution in [2.75, 3.05) is 0 Å². The van der Waals surface area contributed by atoms with Crippen molar-refractivity contribution in [2.45, 2.75) is 71.8 Å². The number of hydrogen-bond acceptors (Lipinski definition) is 3. The van der Waals surface area contributed by atoms with Crippen molar-refractivity contribution < 1.29 is 19.7 Å². The van der Waals surface area contributed by atoms with E-state index in [-0.39, 0.29) is 16.6 Å². The van der Waals surface area contributed by atoms with Gasteiger partial charge in [0.15, 0.2) is 6.10 Å². The Morgan fingerprint density at radius 2 is 1.50 bits per heavy atom. The Kier molecular flexibility index (Phi) is 5.16. The van der Waals surface area contributed by atoms with Crippen LogP contribution in [0.25, 0.3) is 0 Å². The summed E-state index contributed by atoms with van der Waals surface area (Å²) in [5.74, 6) is -0.234.